The number of nitrogens with one attached hydrogen (secondary N) is 1. The van der Waals surface area contributed by atoms with E-state index in [9.17, 15) is 27.4 Å². The van der Waals surface area contributed by atoms with Crippen molar-refractivity contribution in [1.82, 2.24) is 9.79 Å². The van der Waals surface area contributed by atoms with Crippen LogP contribution in [0, 0.1) is 5.92 Å². The summed E-state index contributed by atoms with van der Waals surface area (Å²) in [7, 11) is -5.16. The number of nitrogens with two attached hydrogens (primary N) is 1. The zero-order valence-corrected chi connectivity index (χ0v) is 16.5. The maximum absolute atomic E-state index is 12.0. The molecule has 1 aliphatic rings. The molecule has 0 saturated carbocycles. The molecule has 0 bridgehead atoms. The van der Waals surface area contributed by atoms with Crippen molar-refractivity contribution in [3.63, 3.8) is 0 Å². The minimum atomic E-state index is -5.16. The smallest absolute Gasteiger partial charge is 0.731 e. The summed E-state index contributed by atoms with van der Waals surface area (Å²) in [5.74, 6) is -3.77. The monoisotopic (exact) mass is 395 g/mol. The number of carbonyl (C=O) groups excluding carboxylic acids is 3. The Labute approximate surface area is 170 Å². The molecule has 13 heteroatoms. The largest absolute Gasteiger partial charge is 1.00 e. The molecule has 0 aromatic heterocycles. The van der Waals surface area contributed by atoms with Crippen LogP contribution in [0.25, 0.3) is 0 Å². The van der Waals surface area contributed by atoms with Crippen molar-refractivity contribution in [3.8, 4) is 0 Å². The van der Waals surface area contributed by atoms with Gasteiger partial charge in [-0.25, -0.2) is 23.0 Å². The van der Waals surface area contributed by atoms with Gasteiger partial charge in [0.05, 0.1) is 6.61 Å². The number of hydrogen-bond acceptors (Lipinski definition) is 8. The van der Waals surface area contributed by atoms with E-state index in [1.54, 1.807) is 30.3 Å². The maximum Gasteiger partial charge on any atom is 1.00 e. The van der Waals surface area contributed by atoms with Crippen LogP contribution in [0.3, 0.4) is 0 Å². The fourth-order valence-corrected chi connectivity index (χ4v) is 3.09. The van der Waals surface area contributed by atoms with Gasteiger partial charge in [-0.05, 0) is 5.56 Å². The van der Waals surface area contributed by atoms with Crippen LogP contribution in [-0.2, 0) is 36.1 Å². The van der Waals surface area contributed by atoms with E-state index in [1.807, 2.05) is 5.48 Å². The summed E-state index contributed by atoms with van der Waals surface area (Å²) in [5, 5.41) is 0. The maximum atomic E-state index is 12.0. The molecule has 11 nitrogen and oxygen atoms in total. The van der Waals surface area contributed by atoms with Crippen molar-refractivity contribution in [2.75, 3.05) is 6.61 Å². The number of hydrogen-bond donors (Lipinski definition) is 2. The predicted octanol–water partition coefficient (Wildman–Crippen LogP) is -4.38. The quantitative estimate of drug-likeness (QED) is 0.153. The Morgan fingerprint density at radius 2 is 1.88 bits per heavy atom. The number of hydroxylamine groups is 1. The van der Waals surface area contributed by atoms with Gasteiger partial charge in [0.2, 0.25) is 0 Å². The van der Waals surface area contributed by atoms with E-state index in [0.29, 0.717) is 0 Å². The van der Waals surface area contributed by atoms with Crippen LogP contribution in [0.2, 0.25) is 0 Å². The third kappa shape index (κ3) is 5.40. The summed E-state index contributed by atoms with van der Waals surface area (Å²) in [6, 6.07) is 7.28. The van der Waals surface area contributed by atoms with Gasteiger partial charge in [0.25, 0.3) is 11.8 Å². The molecule has 0 radical (unpaired) electrons. The van der Waals surface area contributed by atoms with E-state index >= 15 is 0 Å². The fraction of sp³-hybridized carbons (Fsp3) is 0.308. The second kappa shape index (κ2) is 9.30. The minimum absolute atomic E-state index is 0. The Morgan fingerprint density at radius 3 is 2.42 bits per heavy atom. The van der Waals surface area contributed by atoms with Gasteiger partial charge in [0.15, 0.2) is 10.3 Å². The van der Waals surface area contributed by atoms with E-state index < -0.39 is 46.8 Å². The average molecular weight is 395 g/mol. The van der Waals surface area contributed by atoms with Crippen LogP contribution < -0.4 is 40.8 Å². The summed E-state index contributed by atoms with van der Waals surface area (Å²) in [6.45, 7) is -0.723. The van der Waals surface area contributed by atoms with Crippen LogP contribution in [0.1, 0.15) is 5.56 Å². The molecule has 1 aromatic rings. The summed E-state index contributed by atoms with van der Waals surface area (Å²) in [5.41, 5.74) is 7.49. The molecule has 3 N–H and O–H groups in total. The molecule has 26 heavy (non-hydrogen) atoms. The Morgan fingerprint density at radius 1 is 1.27 bits per heavy atom. The van der Waals surface area contributed by atoms with Gasteiger partial charge in [-0.3, -0.25) is 14.4 Å². The third-order valence-electron chi connectivity index (χ3n) is 3.34. The number of nitrogens with zero attached hydrogens (tertiary/aromatic N) is 1. The van der Waals surface area contributed by atoms with Gasteiger partial charge >= 0.3 is 35.7 Å². The van der Waals surface area contributed by atoms with Crippen LogP contribution in [0.5, 0.6) is 0 Å². The molecule has 0 aliphatic carbocycles. The zero-order chi connectivity index (χ0) is 18.6. The summed E-state index contributed by atoms with van der Waals surface area (Å²) < 4.78 is 37.5. The van der Waals surface area contributed by atoms with Gasteiger partial charge in [0, 0.05) is 0 Å². The number of β-lactam (4-membered cyclic amide) rings is 1. The van der Waals surface area contributed by atoms with Crippen LogP contribution in [0.15, 0.2) is 30.3 Å². The SMILES string of the molecule is NC(=O)OC[C@@H]1[C@@H](C(=O)NOCc2ccccc2)C(=O)N1S(=O)(=O)[O-].[Na+]. The second-order valence-corrected chi connectivity index (χ2v) is 6.26. The molecular weight excluding hydrogens is 381 g/mol. The van der Waals surface area contributed by atoms with Gasteiger partial charge < -0.3 is 15.0 Å². The molecule has 0 unspecified atom stereocenters. The van der Waals surface area contributed by atoms with Crippen molar-refractivity contribution in [2.24, 2.45) is 11.7 Å². The molecule has 2 atom stereocenters. The van der Waals surface area contributed by atoms with Crippen molar-refractivity contribution in [3.05, 3.63) is 35.9 Å². The standard InChI is InChI=1S/C13H15N3O8S.Na/c14-13(19)23-7-9-10(12(18)16(9)25(20,21)22)11(17)15-24-6-8-4-2-1-3-5-8;/h1-5,9-10H,6-7H2,(H2,14,19)(H,15,17)(H,20,21,22);/q;+1/p-1/t9-,10+;/m1./s1. The van der Waals surface area contributed by atoms with Crippen molar-refractivity contribution >= 4 is 28.2 Å². The summed E-state index contributed by atoms with van der Waals surface area (Å²) in [6.07, 6.45) is -1.25. The van der Waals surface area contributed by atoms with Crippen LogP contribution >= 0.6 is 0 Å². The number of ether oxygens (including phenoxy) is 1. The number of primary amides is 1. The topological polar surface area (TPSA) is 168 Å². The number of benzene rings is 1. The zero-order valence-electron chi connectivity index (χ0n) is 13.7. The van der Waals surface area contributed by atoms with Gasteiger partial charge in [-0.15, -0.1) is 0 Å². The molecule has 1 fully saturated rings. The van der Waals surface area contributed by atoms with E-state index in [2.05, 4.69) is 4.74 Å². The van der Waals surface area contributed by atoms with E-state index in [0.717, 1.165) is 5.56 Å². The second-order valence-electron chi connectivity index (χ2n) is 5.01. The van der Waals surface area contributed by atoms with Crippen molar-refractivity contribution in [2.45, 2.75) is 12.6 Å². The minimum Gasteiger partial charge on any atom is -0.731 e. The number of rotatable bonds is 7. The van der Waals surface area contributed by atoms with Gasteiger partial charge in [-0.2, -0.15) is 0 Å². The van der Waals surface area contributed by atoms with Gasteiger partial charge in [0.1, 0.15) is 18.6 Å². The number of carbonyl (C=O) groups is 3. The van der Waals surface area contributed by atoms with Crippen molar-refractivity contribution < 1.29 is 66.5 Å². The van der Waals surface area contributed by atoms with Gasteiger partial charge in [-0.1, -0.05) is 30.3 Å². The first-order chi connectivity index (χ1) is 11.7. The molecule has 1 aromatic carbocycles. The fourth-order valence-electron chi connectivity index (χ4n) is 2.24. The van der Waals surface area contributed by atoms with E-state index in [-0.39, 0.29) is 40.5 Å². The van der Waals surface area contributed by atoms with Crippen LogP contribution in [-0.4, -0.2) is 47.8 Å². The normalized spacial score (nSPS) is 19.1. The predicted molar refractivity (Wildman–Crippen MR) is 78.7 cm³/mol. The molecule has 1 aliphatic heterocycles. The molecule has 136 valence electrons. The first-order valence-electron chi connectivity index (χ1n) is 6.88. The first kappa shape index (κ1) is 22.3. The molecule has 1 saturated heterocycles. The Hall–Kier alpha value is -1.70. The summed E-state index contributed by atoms with van der Waals surface area (Å²) in [4.78, 5) is 39.4. The van der Waals surface area contributed by atoms with Crippen molar-refractivity contribution in [1.29, 1.82) is 0 Å². The first-order valence-corrected chi connectivity index (χ1v) is 8.25. The Bertz CT molecular complexity index is 773. The Balaban J connectivity index is 0.00000338. The summed E-state index contributed by atoms with van der Waals surface area (Å²) >= 11 is 0. The Kier molecular flexibility index (Phi) is 7.99. The molecule has 0 spiro atoms. The third-order valence-corrected chi connectivity index (χ3v) is 4.28. The molecular formula is C13H14N3NaO8S. The number of amides is 3. The van der Waals surface area contributed by atoms with Crippen LogP contribution in [0.4, 0.5) is 4.79 Å². The average Bonchev–Trinajstić information content (AvgIpc) is 2.50. The van der Waals surface area contributed by atoms with E-state index in [4.69, 9.17) is 10.6 Å². The molecule has 2 rings (SSSR count). The molecule has 3 amide bonds. The van der Waals surface area contributed by atoms with E-state index in [1.165, 1.54) is 0 Å². The molecule has 1 heterocycles.